The van der Waals surface area contributed by atoms with Gasteiger partial charge in [0.05, 0.1) is 11.4 Å². The molecular weight excluding hydrogens is 278 g/mol. The molecule has 116 valence electrons. The summed E-state index contributed by atoms with van der Waals surface area (Å²) in [5.74, 6) is -0.804. The number of hydrogen-bond donors (Lipinski definition) is 1. The lowest BCUT2D eigenvalue weighted by Crippen LogP contribution is -2.35. The van der Waals surface area contributed by atoms with Gasteiger partial charge in [-0.05, 0) is 50.9 Å². The summed E-state index contributed by atoms with van der Waals surface area (Å²) < 4.78 is 2.02. The molecule has 0 fully saturated rings. The molecule has 1 N–H and O–H groups in total. The molecule has 3 rings (SSSR count). The number of benzene rings is 1. The van der Waals surface area contributed by atoms with Gasteiger partial charge in [-0.2, -0.15) is 5.10 Å². The van der Waals surface area contributed by atoms with Crippen LogP contribution in [0.3, 0.4) is 0 Å². The smallest absolute Gasteiger partial charge is 0.320 e. The maximum Gasteiger partial charge on any atom is 0.320 e. The molecule has 1 aromatic heterocycles. The van der Waals surface area contributed by atoms with Crippen molar-refractivity contribution in [3.63, 3.8) is 0 Å². The van der Waals surface area contributed by atoms with E-state index in [9.17, 15) is 4.79 Å². The van der Waals surface area contributed by atoms with Gasteiger partial charge in [0.2, 0.25) is 0 Å². The first-order chi connectivity index (χ1) is 10.6. The molecule has 2 aromatic rings. The Morgan fingerprint density at radius 2 is 2.09 bits per heavy atom. The average Bonchev–Trinajstić information content (AvgIpc) is 3.11. The third-order valence-electron chi connectivity index (χ3n) is 4.43. The molecule has 0 spiro atoms. The van der Waals surface area contributed by atoms with Crippen LogP contribution in [0.15, 0.2) is 30.3 Å². The van der Waals surface area contributed by atoms with Crippen molar-refractivity contribution in [1.29, 1.82) is 0 Å². The van der Waals surface area contributed by atoms with Crippen molar-refractivity contribution < 1.29 is 9.90 Å². The van der Waals surface area contributed by atoms with Gasteiger partial charge >= 0.3 is 5.97 Å². The molecule has 1 atom stereocenters. The Morgan fingerprint density at radius 3 is 2.77 bits per heavy atom. The number of nitrogens with zero attached hydrogens (tertiary/aromatic N) is 3. The topological polar surface area (TPSA) is 58.4 Å². The molecule has 0 aliphatic heterocycles. The van der Waals surface area contributed by atoms with E-state index in [1.807, 2.05) is 34.8 Å². The SMILES string of the molecule is CC(C(=O)O)N(C)Cc1nn(-c2ccccc2)c2c1CCC2. The van der Waals surface area contributed by atoms with Gasteiger partial charge in [-0.1, -0.05) is 18.2 Å². The van der Waals surface area contributed by atoms with Crippen LogP contribution in [0.5, 0.6) is 0 Å². The normalized spacial score (nSPS) is 15.0. The number of rotatable bonds is 5. The molecule has 1 aliphatic rings. The van der Waals surface area contributed by atoms with Crippen molar-refractivity contribution in [2.24, 2.45) is 0 Å². The summed E-state index contributed by atoms with van der Waals surface area (Å²) in [6.45, 7) is 2.27. The highest BCUT2D eigenvalue weighted by atomic mass is 16.4. The van der Waals surface area contributed by atoms with Crippen LogP contribution in [0.2, 0.25) is 0 Å². The molecule has 1 aliphatic carbocycles. The van der Waals surface area contributed by atoms with Gasteiger partial charge in [0.25, 0.3) is 0 Å². The maximum absolute atomic E-state index is 11.1. The lowest BCUT2D eigenvalue weighted by Gasteiger charge is -2.20. The van der Waals surface area contributed by atoms with E-state index in [2.05, 4.69) is 12.1 Å². The number of carboxylic acids is 1. The lowest BCUT2D eigenvalue weighted by atomic mass is 10.2. The summed E-state index contributed by atoms with van der Waals surface area (Å²) in [5.41, 5.74) is 4.65. The van der Waals surface area contributed by atoms with E-state index in [4.69, 9.17) is 10.2 Å². The van der Waals surface area contributed by atoms with Gasteiger partial charge in [0.1, 0.15) is 6.04 Å². The van der Waals surface area contributed by atoms with E-state index in [0.29, 0.717) is 6.54 Å². The van der Waals surface area contributed by atoms with Gasteiger partial charge in [-0.3, -0.25) is 9.69 Å². The summed E-state index contributed by atoms with van der Waals surface area (Å²) in [6.07, 6.45) is 3.22. The van der Waals surface area contributed by atoms with E-state index < -0.39 is 12.0 Å². The molecule has 0 bridgehead atoms. The molecule has 5 nitrogen and oxygen atoms in total. The fourth-order valence-corrected chi connectivity index (χ4v) is 2.99. The predicted molar refractivity (Wildman–Crippen MR) is 84.2 cm³/mol. The Bertz CT molecular complexity index is 679. The molecular formula is C17H21N3O2. The molecule has 1 unspecified atom stereocenters. The minimum atomic E-state index is -0.804. The van der Waals surface area contributed by atoms with Crippen LogP contribution in [-0.4, -0.2) is 38.8 Å². The minimum absolute atomic E-state index is 0.515. The largest absolute Gasteiger partial charge is 0.480 e. The summed E-state index contributed by atoms with van der Waals surface area (Å²) in [6, 6.07) is 9.61. The van der Waals surface area contributed by atoms with Gasteiger partial charge in [-0.15, -0.1) is 0 Å². The highest BCUT2D eigenvalue weighted by molar-refractivity contribution is 5.72. The zero-order valence-electron chi connectivity index (χ0n) is 13.0. The van der Waals surface area contributed by atoms with E-state index in [1.54, 1.807) is 6.92 Å². The Balaban J connectivity index is 1.92. The molecule has 5 heteroatoms. The third-order valence-corrected chi connectivity index (χ3v) is 4.43. The molecule has 0 radical (unpaired) electrons. The lowest BCUT2D eigenvalue weighted by molar-refractivity contribution is -0.142. The van der Waals surface area contributed by atoms with Crippen molar-refractivity contribution in [2.45, 2.75) is 38.8 Å². The summed E-state index contributed by atoms with van der Waals surface area (Å²) in [5, 5.41) is 13.9. The maximum atomic E-state index is 11.1. The van der Waals surface area contributed by atoms with Crippen LogP contribution >= 0.6 is 0 Å². The number of aromatic nitrogens is 2. The summed E-state index contributed by atoms with van der Waals surface area (Å²) in [7, 11) is 1.83. The first kappa shape index (κ1) is 14.8. The zero-order chi connectivity index (χ0) is 15.7. The fraction of sp³-hybridized carbons (Fsp3) is 0.412. The Kier molecular flexibility index (Phi) is 3.98. The van der Waals surface area contributed by atoms with E-state index in [-0.39, 0.29) is 0 Å². The van der Waals surface area contributed by atoms with Crippen LogP contribution in [0, 0.1) is 0 Å². The molecule has 0 saturated carbocycles. The van der Waals surface area contributed by atoms with Crippen molar-refractivity contribution in [3.8, 4) is 5.69 Å². The quantitative estimate of drug-likeness (QED) is 0.920. The van der Waals surface area contributed by atoms with Crippen LogP contribution in [-0.2, 0) is 24.2 Å². The molecule has 1 heterocycles. The van der Waals surface area contributed by atoms with Gasteiger partial charge in [-0.25, -0.2) is 4.68 Å². The number of carbonyl (C=O) groups is 1. The van der Waals surface area contributed by atoms with E-state index in [0.717, 1.165) is 30.6 Å². The van der Waals surface area contributed by atoms with Crippen LogP contribution in [0.1, 0.15) is 30.3 Å². The Labute approximate surface area is 130 Å². The molecule has 0 amide bonds. The molecule has 22 heavy (non-hydrogen) atoms. The summed E-state index contributed by atoms with van der Waals surface area (Å²) >= 11 is 0. The number of hydrogen-bond acceptors (Lipinski definition) is 3. The monoisotopic (exact) mass is 299 g/mol. The van der Waals surface area contributed by atoms with Crippen LogP contribution in [0.25, 0.3) is 5.69 Å². The second kappa shape index (κ2) is 5.93. The van der Waals surface area contributed by atoms with E-state index in [1.165, 1.54) is 11.3 Å². The minimum Gasteiger partial charge on any atom is -0.480 e. The Hall–Kier alpha value is -2.14. The van der Waals surface area contributed by atoms with Crippen molar-refractivity contribution in [2.75, 3.05) is 7.05 Å². The highest BCUT2D eigenvalue weighted by Gasteiger charge is 2.25. The third kappa shape index (κ3) is 2.64. The number of likely N-dealkylation sites (N-methyl/N-ethyl adjacent to an activating group) is 1. The number of carboxylic acid groups (broad SMARTS) is 1. The highest BCUT2D eigenvalue weighted by Crippen LogP contribution is 2.28. The summed E-state index contributed by atoms with van der Waals surface area (Å²) in [4.78, 5) is 13.0. The van der Waals surface area contributed by atoms with Crippen LogP contribution < -0.4 is 0 Å². The fourth-order valence-electron chi connectivity index (χ4n) is 2.99. The van der Waals surface area contributed by atoms with Crippen molar-refractivity contribution in [1.82, 2.24) is 14.7 Å². The molecule has 1 aromatic carbocycles. The van der Waals surface area contributed by atoms with Gasteiger partial charge < -0.3 is 5.11 Å². The second-order valence-corrected chi connectivity index (χ2v) is 5.90. The average molecular weight is 299 g/mol. The zero-order valence-corrected chi connectivity index (χ0v) is 13.0. The first-order valence-electron chi connectivity index (χ1n) is 7.66. The number of aliphatic carboxylic acids is 1. The number of para-hydroxylation sites is 1. The van der Waals surface area contributed by atoms with Gasteiger partial charge in [0, 0.05) is 12.2 Å². The van der Waals surface area contributed by atoms with Crippen LogP contribution in [0.4, 0.5) is 0 Å². The predicted octanol–water partition coefficient (Wildman–Crippen LogP) is 2.27. The second-order valence-electron chi connectivity index (χ2n) is 5.90. The van der Waals surface area contributed by atoms with Crippen molar-refractivity contribution in [3.05, 3.63) is 47.3 Å². The van der Waals surface area contributed by atoms with Gasteiger partial charge in [0.15, 0.2) is 0 Å². The number of fused-ring (bicyclic) bond motifs is 1. The molecule has 0 saturated heterocycles. The van der Waals surface area contributed by atoms with Crippen molar-refractivity contribution >= 4 is 5.97 Å². The standard InChI is InChI=1S/C17H21N3O2/c1-12(17(21)22)19(2)11-15-14-9-6-10-16(14)20(18-15)13-7-4-3-5-8-13/h3-5,7-8,12H,6,9-11H2,1-2H3,(H,21,22). The Morgan fingerprint density at radius 1 is 1.36 bits per heavy atom. The van der Waals surface area contributed by atoms with E-state index >= 15 is 0 Å². The first-order valence-corrected chi connectivity index (χ1v) is 7.66.